The van der Waals surface area contributed by atoms with Crippen LogP contribution >= 0.6 is 0 Å². The van der Waals surface area contributed by atoms with Crippen molar-refractivity contribution in [1.82, 2.24) is 0 Å². The van der Waals surface area contributed by atoms with E-state index >= 15 is 0 Å². The summed E-state index contributed by atoms with van der Waals surface area (Å²) in [5.41, 5.74) is 1.95. The van der Waals surface area contributed by atoms with Crippen molar-refractivity contribution in [3.63, 3.8) is 0 Å². The molecule has 0 fully saturated rings. The molecule has 0 aliphatic carbocycles. The summed E-state index contributed by atoms with van der Waals surface area (Å²) in [4.78, 5) is 11.7. The van der Waals surface area contributed by atoms with Gasteiger partial charge < -0.3 is 4.74 Å². The molecule has 1 aromatic carbocycles. The highest BCUT2D eigenvalue weighted by Gasteiger charge is 2.16. The zero-order valence-corrected chi connectivity index (χ0v) is 11.2. The molecule has 0 aromatic heterocycles. The third-order valence-corrected chi connectivity index (χ3v) is 2.22. The van der Waals surface area contributed by atoms with E-state index in [1.807, 2.05) is 39.8 Å². The summed E-state index contributed by atoms with van der Waals surface area (Å²) in [6.07, 6.45) is -0.164. The minimum absolute atomic E-state index is 0.323. The van der Waals surface area contributed by atoms with Crippen LogP contribution in [0, 0.1) is 18.3 Å². The van der Waals surface area contributed by atoms with Crippen LogP contribution in [0.2, 0.25) is 0 Å². The molecule has 0 spiro atoms. The van der Waals surface area contributed by atoms with Crippen molar-refractivity contribution in [2.75, 3.05) is 5.32 Å². The molecule has 4 heteroatoms. The topological polar surface area (TPSA) is 62.1 Å². The maximum atomic E-state index is 11.7. The number of nitriles is 1. The lowest BCUT2D eigenvalue weighted by Crippen LogP contribution is -2.27. The molecule has 1 amide bonds. The lowest BCUT2D eigenvalue weighted by atomic mass is 10.1. The molecule has 4 nitrogen and oxygen atoms in total. The Labute approximate surface area is 108 Å². The van der Waals surface area contributed by atoms with Gasteiger partial charge in [0, 0.05) is 5.69 Å². The third kappa shape index (κ3) is 4.46. The summed E-state index contributed by atoms with van der Waals surface area (Å²) in [6.45, 7) is 7.32. The van der Waals surface area contributed by atoms with Crippen LogP contribution in [0.4, 0.5) is 10.5 Å². The van der Waals surface area contributed by atoms with E-state index in [-0.39, 0.29) is 0 Å². The van der Waals surface area contributed by atoms with E-state index in [4.69, 9.17) is 10.00 Å². The minimum atomic E-state index is -0.526. The highest BCUT2D eigenvalue weighted by Crippen LogP contribution is 2.18. The van der Waals surface area contributed by atoms with Crippen LogP contribution in [-0.2, 0) is 11.2 Å². The molecule has 0 aliphatic heterocycles. The van der Waals surface area contributed by atoms with Crippen molar-refractivity contribution < 1.29 is 9.53 Å². The number of ether oxygens (including phenoxy) is 1. The largest absolute Gasteiger partial charge is 0.444 e. The molecule has 18 heavy (non-hydrogen) atoms. The van der Waals surface area contributed by atoms with Crippen LogP contribution in [-0.4, -0.2) is 11.7 Å². The molecule has 0 heterocycles. The first kappa shape index (κ1) is 14.0. The predicted octanol–water partition coefficient (Wildman–Crippen LogP) is 3.41. The average molecular weight is 246 g/mol. The van der Waals surface area contributed by atoms with Crippen molar-refractivity contribution in [3.8, 4) is 6.07 Å². The predicted molar refractivity (Wildman–Crippen MR) is 70.4 cm³/mol. The lowest BCUT2D eigenvalue weighted by molar-refractivity contribution is 0.0636. The van der Waals surface area contributed by atoms with Gasteiger partial charge in [-0.2, -0.15) is 5.26 Å². The van der Waals surface area contributed by atoms with Crippen LogP contribution in [0.5, 0.6) is 0 Å². The highest BCUT2D eigenvalue weighted by molar-refractivity contribution is 5.86. The Bertz CT molecular complexity index is 482. The zero-order valence-electron chi connectivity index (χ0n) is 11.2. The number of benzene rings is 1. The van der Waals surface area contributed by atoms with Gasteiger partial charge in [0.1, 0.15) is 5.60 Å². The summed E-state index contributed by atoms with van der Waals surface area (Å²) in [6, 6.07) is 7.62. The second-order valence-electron chi connectivity index (χ2n) is 5.11. The molecule has 1 rings (SSSR count). The fourth-order valence-electron chi connectivity index (χ4n) is 1.42. The fraction of sp³-hybridized carbons (Fsp3) is 0.429. The van der Waals surface area contributed by atoms with E-state index in [0.29, 0.717) is 12.1 Å². The van der Waals surface area contributed by atoms with E-state index in [9.17, 15) is 4.79 Å². The molecule has 0 atom stereocenters. The van der Waals surface area contributed by atoms with Crippen LogP contribution in [0.25, 0.3) is 0 Å². The molecular formula is C14H18N2O2. The molecule has 0 saturated heterocycles. The number of nitrogens with zero attached hydrogens (tertiary/aromatic N) is 1. The first-order valence-electron chi connectivity index (χ1n) is 5.78. The zero-order chi connectivity index (χ0) is 13.8. The van der Waals surface area contributed by atoms with Gasteiger partial charge in [-0.05, 0) is 44.9 Å². The Morgan fingerprint density at radius 3 is 2.67 bits per heavy atom. The quantitative estimate of drug-likeness (QED) is 0.869. The molecular weight excluding hydrogens is 228 g/mol. The first-order valence-corrected chi connectivity index (χ1v) is 5.78. The molecule has 96 valence electrons. The number of aryl methyl sites for hydroxylation is 1. The summed E-state index contributed by atoms with van der Waals surface area (Å²) in [7, 11) is 0. The van der Waals surface area contributed by atoms with Crippen LogP contribution in [0.3, 0.4) is 0 Å². The Morgan fingerprint density at radius 2 is 2.11 bits per heavy atom. The Balaban J connectivity index is 2.81. The van der Waals surface area contributed by atoms with Crippen molar-refractivity contribution in [2.45, 2.75) is 39.7 Å². The molecule has 1 N–H and O–H groups in total. The SMILES string of the molecule is Cc1ccc(CC#N)cc1NC(=O)OC(C)(C)C. The van der Waals surface area contributed by atoms with Crippen molar-refractivity contribution in [1.29, 1.82) is 5.26 Å². The highest BCUT2D eigenvalue weighted by atomic mass is 16.6. The Morgan fingerprint density at radius 1 is 1.44 bits per heavy atom. The number of rotatable bonds is 2. The van der Waals surface area contributed by atoms with E-state index in [1.165, 1.54) is 0 Å². The second kappa shape index (κ2) is 5.54. The van der Waals surface area contributed by atoms with Crippen molar-refractivity contribution >= 4 is 11.8 Å². The Kier molecular flexibility index (Phi) is 4.33. The second-order valence-corrected chi connectivity index (χ2v) is 5.11. The van der Waals surface area contributed by atoms with Gasteiger partial charge in [-0.25, -0.2) is 4.79 Å². The van der Waals surface area contributed by atoms with Gasteiger partial charge in [0.05, 0.1) is 12.5 Å². The van der Waals surface area contributed by atoms with Gasteiger partial charge in [-0.15, -0.1) is 0 Å². The number of hydrogen-bond donors (Lipinski definition) is 1. The minimum Gasteiger partial charge on any atom is -0.444 e. The number of carbonyl (C=O) groups is 1. The Hall–Kier alpha value is -2.02. The normalized spacial score (nSPS) is 10.6. The molecule has 0 saturated carbocycles. The molecule has 0 unspecified atom stereocenters. The fourth-order valence-corrected chi connectivity index (χ4v) is 1.42. The van der Waals surface area contributed by atoms with Crippen molar-refractivity contribution in [2.24, 2.45) is 0 Å². The molecule has 0 bridgehead atoms. The number of carbonyl (C=O) groups excluding carboxylic acids is 1. The van der Waals surface area contributed by atoms with Gasteiger partial charge in [0.2, 0.25) is 0 Å². The average Bonchev–Trinajstić information content (AvgIpc) is 2.20. The van der Waals surface area contributed by atoms with Gasteiger partial charge in [0.25, 0.3) is 0 Å². The third-order valence-electron chi connectivity index (χ3n) is 2.22. The van der Waals surface area contributed by atoms with Crippen LogP contribution in [0.1, 0.15) is 31.9 Å². The molecule has 0 radical (unpaired) electrons. The molecule has 0 aliphatic rings. The van der Waals surface area contributed by atoms with E-state index < -0.39 is 11.7 Å². The summed E-state index contributed by atoms with van der Waals surface area (Å²) in [5, 5.41) is 11.3. The number of nitrogens with one attached hydrogen (secondary N) is 1. The van der Waals surface area contributed by atoms with Gasteiger partial charge >= 0.3 is 6.09 Å². The summed E-state index contributed by atoms with van der Waals surface area (Å²) >= 11 is 0. The van der Waals surface area contributed by atoms with Crippen LogP contribution < -0.4 is 5.32 Å². The van der Waals surface area contributed by atoms with Crippen molar-refractivity contribution in [3.05, 3.63) is 29.3 Å². The van der Waals surface area contributed by atoms with E-state index in [1.54, 1.807) is 6.07 Å². The lowest BCUT2D eigenvalue weighted by Gasteiger charge is -2.20. The standard InChI is InChI=1S/C14H18N2O2/c1-10-5-6-11(7-8-15)9-12(10)16-13(17)18-14(2,3)4/h5-6,9H,7H2,1-4H3,(H,16,17). The maximum absolute atomic E-state index is 11.7. The first-order chi connectivity index (χ1) is 8.31. The monoisotopic (exact) mass is 246 g/mol. The number of anilines is 1. The number of amides is 1. The van der Waals surface area contributed by atoms with Gasteiger partial charge in [-0.1, -0.05) is 12.1 Å². The van der Waals surface area contributed by atoms with E-state index in [0.717, 1.165) is 11.1 Å². The number of hydrogen-bond acceptors (Lipinski definition) is 3. The maximum Gasteiger partial charge on any atom is 0.412 e. The van der Waals surface area contributed by atoms with Gasteiger partial charge in [-0.3, -0.25) is 5.32 Å². The smallest absolute Gasteiger partial charge is 0.412 e. The summed E-state index contributed by atoms with van der Waals surface area (Å²) < 4.78 is 5.18. The summed E-state index contributed by atoms with van der Waals surface area (Å²) in [5.74, 6) is 0. The molecule has 1 aromatic rings. The van der Waals surface area contributed by atoms with Crippen LogP contribution in [0.15, 0.2) is 18.2 Å². The van der Waals surface area contributed by atoms with E-state index in [2.05, 4.69) is 11.4 Å². The van der Waals surface area contributed by atoms with Gasteiger partial charge in [0.15, 0.2) is 0 Å².